The van der Waals surface area contributed by atoms with Crippen molar-refractivity contribution in [2.45, 2.75) is 38.5 Å². The van der Waals surface area contributed by atoms with Gasteiger partial charge in [-0.1, -0.05) is 24.4 Å². The molecule has 2 aliphatic rings. The van der Waals surface area contributed by atoms with E-state index in [2.05, 4.69) is 25.3 Å². The zero-order chi connectivity index (χ0) is 23.3. The van der Waals surface area contributed by atoms with Gasteiger partial charge in [0.2, 0.25) is 5.91 Å². The zero-order valence-corrected chi connectivity index (χ0v) is 20.3. The van der Waals surface area contributed by atoms with Crippen LogP contribution in [0.1, 0.15) is 38.5 Å². The van der Waals surface area contributed by atoms with E-state index in [1.807, 2.05) is 36.4 Å². The summed E-state index contributed by atoms with van der Waals surface area (Å²) in [6.07, 6.45) is 6.90. The number of carbonyl (C=O) groups is 1. The summed E-state index contributed by atoms with van der Waals surface area (Å²) in [5.74, 6) is 1.83. The van der Waals surface area contributed by atoms with Crippen molar-refractivity contribution in [1.29, 1.82) is 0 Å². The number of nitrogens with zero attached hydrogens (tertiary/aromatic N) is 6. The van der Waals surface area contributed by atoms with Gasteiger partial charge in [0.25, 0.3) is 0 Å². The predicted octanol–water partition coefficient (Wildman–Crippen LogP) is 3.65. The van der Waals surface area contributed by atoms with Crippen molar-refractivity contribution >= 4 is 29.0 Å². The van der Waals surface area contributed by atoms with E-state index in [0.29, 0.717) is 16.5 Å². The Labute approximate surface area is 205 Å². The van der Waals surface area contributed by atoms with Crippen LogP contribution in [-0.4, -0.2) is 69.9 Å². The Balaban J connectivity index is 1.16. The number of likely N-dealkylation sites (tertiary alicyclic amines) is 1. The van der Waals surface area contributed by atoms with E-state index in [0.717, 1.165) is 63.5 Å². The number of fused-ring (bicyclic) bond motifs is 1. The average molecular weight is 482 g/mol. The number of halogens is 1. The molecule has 0 aliphatic carbocycles. The Morgan fingerprint density at radius 3 is 2.41 bits per heavy atom. The molecule has 5 rings (SSSR count). The fourth-order valence-electron chi connectivity index (χ4n) is 4.94. The number of benzene rings is 1. The standard InChI is InChI=1S/C25H32ClN7O/c26-21-7-5-19(6-8-21)24-29-28-22-9-10-23(30-33(22)24)32-16-11-20(12-17-32)25(34)27-13-18-31-14-3-1-2-4-15-31/h5-10,20H,1-4,11-18H2,(H,27,34). The molecular formula is C25H32ClN7O. The molecule has 1 aromatic carbocycles. The largest absolute Gasteiger partial charge is 0.355 e. The lowest BCUT2D eigenvalue weighted by Gasteiger charge is -2.32. The molecule has 0 saturated carbocycles. The summed E-state index contributed by atoms with van der Waals surface area (Å²) >= 11 is 6.03. The minimum absolute atomic E-state index is 0.0728. The topological polar surface area (TPSA) is 78.7 Å². The maximum atomic E-state index is 12.7. The van der Waals surface area contributed by atoms with Crippen molar-refractivity contribution in [2.75, 3.05) is 44.2 Å². The third-order valence-corrected chi connectivity index (χ3v) is 7.22. The van der Waals surface area contributed by atoms with Gasteiger partial charge in [0.15, 0.2) is 11.5 Å². The number of hydrogen-bond donors (Lipinski definition) is 1. The molecule has 2 fully saturated rings. The first-order valence-electron chi connectivity index (χ1n) is 12.4. The highest BCUT2D eigenvalue weighted by Crippen LogP contribution is 2.24. The molecule has 2 aliphatic heterocycles. The first-order valence-corrected chi connectivity index (χ1v) is 12.8. The second-order valence-electron chi connectivity index (χ2n) is 9.30. The predicted molar refractivity (Wildman–Crippen MR) is 134 cm³/mol. The summed E-state index contributed by atoms with van der Waals surface area (Å²) in [5.41, 5.74) is 1.62. The number of piperidine rings is 1. The van der Waals surface area contributed by atoms with Gasteiger partial charge < -0.3 is 15.1 Å². The molecular weight excluding hydrogens is 450 g/mol. The van der Waals surface area contributed by atoms with Gasteiger partial charge in [-0.05, 0) is 75.2 Å². The Hall–Kier alpha value is -2.71. The van der Waals surface area contributed by atoms with E-state index in [9.17, 15) is 4.79 Å². The van der Waals surface area contributed by atoms with Crippen LogP contribution in [0.25, 0.3) is 17.0 Å². The lowest BCUT2D eigenvalue weighted by Crippen LogP contribution is -2.43. The summed E-state index contributed by atoms with van der Waals surface area (Å²) in [7, 11) is 0. The summed E-state index contributed by atoms with van der Waals surface area (Å²) < 4.78 is 1.78. The van der Waals surface area contributed by atoms with Crippen LogP contribution in [0.5, 0.6) is 0 Å². The fourth-order valence-corrected chi connectivity index (χ4v) is 5.06. The molecule has 0 spiro atoms. The molecule has 180 valence electrons. The Morgan fingerprint density at radius 1 is 0.941 bits per heavy atom. The van der Waals surface area contributed by atoms with Crippen molar-refractivity contribution in [2.24, 2.45) is 5.92 Å². The van der Waals surface area contributed by atoms with Crippen molar-refractivity contribution in [1.82, 2.24) is 30.0 Å². The second-order valence-corrected chi connectivity index (χ2v) is 9.74. The van der Waals surface area contributed by atoms with E-state index in [1.165, 1.54) is 25.7 Å². The molecule has 34 heavy (non-hydrogen) atoms. The minimum atomic E-state index is 0.0728. The van der Waals surface area contributed by atoms with E-state index < -0.39 is 0 Å². The minimum Gasteiger partial charge on any atom is -0.355 e. The molecule has 4 heterocycles. The van der Waals surface area contributed by atoms with Gasteiger partial charge in [0.1, 0.15) is 5.82 Å². The second kappa shape index (κ2) is 10.7. The molecule has 9 heteroatoms. The number of amides is 1. The van der Waals surface area contributed by atoms with Crippen LogP contribution in [0, 0.1) is 5.92 Å². The molecule has 0 atom stereocenters. The first kappa shape index (κ1) is 23.1. The number of aromatic nitrogens is 4. The van der Waals surface area contributed by atoms with Gasteiger partial charge in [-0.25, -0.2) is 0 Å². The summed E-state index contributed by atoms with van der Waals surface area (Å²) in [5, 5.41) is 17.2. The average Bonchev–Trinajstić information content (AvgIpc) is 3.11. The highest BCUT2D eigenvalue weighted by molar-refractivity contribution is 6.30. The van der Waals surface area contributed by atoms with Gasteiger partial charge in [0.05, 0.1) is 0 Å². The highest BCUT2D eigenvalue weighted by atomic mass is 35.5. The summed E-state index contributed by atoms with van der Waals surface area (Å²) in [6, 6.07) is 11.4. The maximum Gasteiger partial charge on any atom is 0.223 e. The van der Waals surface area contributed by atoms with Crippen LogP contribution in [0.3, 0.4) is 0 Å². The molecule has 3 aromatic rings. The monoisotopic (exact) mass is 481 g/mol. The van der Waals surface area contributed by atoms with Crippen LogP contribution in [0.2, 0.25) is 5.02 Å². The lowest BCUT2D eigenvalue weighted by atomic mass is 9.96. The van der Waals surface area contributed by atoms with Crippen molar-refractivity contribution in [3.05, 3.63) is 41.4 Å². The molecule has 2 saturated heterocycles. The molecule has 8 nitrogen and oxygen atoms in total. The Kier molecular flexibility index (Phi) is 7.25. The van der Waals surface area contributed by atoms with Gasteiger partial charge in [0, 0.05) is 42.7 Å². The lowest BCUT2D eigenvalue weighted by molar-refractivity contribution is -0.125. The third-order valence-electron chi connectivity index (χ3n) is 6.97. The maximum absolute atomic E-state index is 12.7. The van der Waals surface area contributed by atoms with E-state index in [-0.39, 0.29) is 11.8 Å². The summed E-state index contributed by atoms with van der Waals surface area (Å²) in [6.45, 7) is 5.65. The number of nitrogens with one attached hydrogen (secondary N) is 1. The quantitative estimate of drug-likeness (QED) is 0.579. The molecule has 1 amide bonds. The smallest absolute Gasteiger partial charge is 0.223 e. The SMILES string of the molecule is O=C(NCCN1CCCCCC1)C1CCN(c2ccc3nnc(-c4ccc(Cl)cc4)n3n2)CC1. The van der Waals surface area contributed by atoms with Gasteiger partial charge in [-0.2, -0.15) is 4.52 Å². The number of hydrogen-bond acceptors (Lipinski definition) is 6. The number of anilines is 1. The van der Waals surface area contributed by atoms with Crippen LogP contribution < -0.4 is 10.2 Å². The van der Waals surface area contributed by atoms with E-state index >= 15 is 0 Å². The Bertz CT molecular complexity index is 1100. The fraction of sp³-hybridized carbons (Fsp3) is 0.520. The van der Waals surface area contributed by atoms with E-state index in [4.69, 9.17) is 16.7 Å². The van der Waals surface area contributed by atoms with Crippen LogP contribution in [0.15, 0.2) is 36.4 Å². The third kappa shape index (κ3) is 5.33. The van der Waals surface area contributed by atoms with Crippen molar-refractivity contribution in [3.63, 3.8) is 0 Å². The highest BCUT2D eigenvalue weighted by Gasteiger charge is 2.26. The normalized spacial score (nSPS) is 18.2. The summed E-state index contributed by atoms with van der Waals surface area (Å²) in [4.78, 5) is 17.5. The Morgan fingerprint density at radius 2 is 1.68 bits per heavy atom. The number of rotatable bonds is 6. The van der Waals surface area contributed by atoms with Crippen molar-refractivity contribution < 1.29 is 4.79 Å². The zero-order valence-electron chi connectivity index (χ0n) is 19.5. The molecule has 0 unspecified atom stereocenters. The number of carbonyl (C=O) groups excluding carboxylic acids is 1. The first-order chi connectivity index (χ1) is 16.7. The van der Waals surface area contributed by atoms with Gasteiger partial charge >= 0.3 is 0 Å². The van der Waals surface area contributed by atoms with Crippen LogP contribution in [0.4, 0.5) is 5.82 Å². The van der Waals surface area contributed by atoms with Crippen LogP contribution >= 0.6 is 11.6 Å². The molecule has 0 bridgehead atoms. The van der Waals surface area contributed by atoms with Gasteiger partial charge in [-0.3, -0.25) is 4.79 Å². The van der Waals surface area contributed by atoms with E-state index in [1.54, 1.807) is 4.52 Å². The van der Waals surface area contributed by atoms with Crippen LogP contribution in [-0.2, 0) is 4.79 Å². The van der Waals surface area contributed by atoms with Crippen molar-refractivity contribution in [3.8, 4) is 11.4 Å². The molecule has 1 N–H and O–H groups in total. The molecule has 0 radical (unpaired) electrons. The van der Waals surface area contributed by atoms with Gasteiger partial charge in [-0.15, -0.1) is 15.3 Å². The molecule has 2 aromatic heterocycles.